The van der Waals surface area contributed by atoms with E-state index < -0.39 is 5.97 Å². The first kappa shape index (κ1) is 13.6. The maximum Gasteiger partial charge on any atom is 0.359 e. The Kier molecular flexibility index (Phi) is 4.19. The SMILES string of the molecule is CCOC(=O)c1nn(-c2cccc(Cl)c2)cc1CN. The zero-order chi connectivity index (χ0) is 13.8. The highest BCUT2D eigenvalue weighted by Crippen LogP contribution is 2.17. The number of ether oxygens (including phenoxy) is 1. The maximum absolute atomic E-state index is 11.8. The number of aromatic nitrogens is 2. The number of hydrogen-bond acceptors (Lipinski definition) is 4. The number of nitrogens with two attached hydrogens (primary N) is 1. The third kappa shape index (κ3) is 2.94. The lowest BCUT2D eigenvalue weighted by Gasteiger charge is -2.01. The van der Waals surface area contributed by atoms with Crippen molar-refractivity contribution >= 4 is 17.6 Å². The van der Waals surface area contributed by atoms with Crippen molar-refractivity contribution in [2.45, 2.75) is 13.5 Å². The number of hydrogen-bond donors (Lipinski definition) is 1. The van der Waals surface area contributed by atoms with E-state index in [9.17, 15) is 4.79 Å². The van der Waals surface area contributed by atoms with Crippen molar-refractivity contribution in [1.29, 1.82) is 0 Å². The summed E-state index contributed by atoms with van der Waals surface area (Å²) in [6.45, 7) is 2.26. The average Bonchev–Trinajstić information content (AvgIpc) is 2.83. The van der Waals surface area contributed by atoms with E-state index in [0.29, 0.717) is 17.2 Å². The van der Waals surface area contributed by atoms with E-state index in [-0.39, 0.29) is 12.2 Å². The van der Waals surface area contributed by atoms with E-state index in [1.807, 2.05) is 12.1 Å². The predicted molar refractivity (Wildman–Crippen MR) is 72.4 cm³/mol. The molecule has 1 aromatic heterocycles. The number of esters is 1. The van der Waals surface area contributed by atoms with Gasteiger partial charge in [-0.1, -0.05) is 17.7 Å². The molecular weight excluding hydrogens is 266 g/mol. The van der Waals surface area contributed by atoms with Crippen LogP contribution in [0.3, 0.4) is 0 Å². The van der Waals surface area contributed by atoms with Crippen LogP contribution in [0.15, 0.2) is 30.5 Å². The Morgan fingerprint density at radius 3 is 2.95 bits per heavy atom. The van der Waals surface area contributed by atoms with E-state index >= 15 is 0 Å². The first-order valence-corrected chi connectivity index (χ1v) is 6.25. The predicted octanol–water partition coefficient (Wildman–Crippen LogP) is 2.16. The summed E-state index contributed by atoms with van der Waals surface area (Å²) in [6.07, 6.45) is 1.71. The number of halogens is 1. The number of benzene rings is 1. The summed E-state index contributed by atoms with van der Waals surface area (Å²) < 4.78 is 6.52. The molecule has 0 spiro atoms. The van der Waals surface area contributed by atoms with Crippen molar-refractivity contribution < 1.29 is 9.53 Å². The minimum absolute atomic E-state index is 0.217. The summed E-state index contributed by atoms with van der Waals surface area (Å²) in [7, 11) is 0. The van der Waals surface area contributed by atoms with Crippen molar-refractivity contribution in [3.05, 3.63) is 46.7 Å². The van der Waals surface area contributed by atoms with Crippen LogP contribution in [0.25, 0.3) is 5.69 Å². The van der Waals surface area contributed by atoms with Gasteiger partial charge in [-0.05, 0) is 25.1 Å². The zero-order valence-electron chi connectivity index (χ0n) is 10.5. The highest BCUT2D eigenvalue weighted by atomic mass is 35.5. The van der Waals surface area contributed by atoms with E-state index in [1.54, 1.807) is 29.9 Å². The molecule has 6 heteroatoms. The Morgan fingerprint density at radius 1 is 1.53 bits per heavy atom. The third-order valence-electron chi connectivity index (χ3n) is 2.55. The molecule has 0 saturated carbocycles. The Labute approximate surface area is 115 Å². The third-order valence-corrected chi connectivity index (χ3v) is 2.79. The molecule has 0 saturated heterocycles. The van der Waals surface area contributed by atoms with Gasteiger partial charge in [0, 0.05) is 23.3 Å². The first-order chi connectivity index (χ1) is 9.15. The summed E-state index contributed by atoms with van der Waals surface area (Å²) in [5, 5.41) is 4.81. The van der Waals surface area contributed by atoms with Crippen LogP contribution < -0.4 is 5.73 Å². The summed E-state index contributed by atoms with van der Waals surface area (Å²) >= 11 is 5.93. The molecule has 0 amide bonds. The number of carbonyl (C=O) groups is 1. The van der Waals surface area contributed by atoms with Crippen LogP contribution in [0.1, 0.15) is 23.0 Å². The lowest BCUT2D eigenvalue weighted by Crippen LogP contribution is -2.10. The Balaban J connectivity index is 2.41. The maximum atomic E-state index is 11.8. The van der Waals surface area contributed by atoms with Gasteiger partial charge in [0.05, 0.1) is 12.3 Å². The molecule has 2 aromatic rings. The minimum atomic E-state index is -0.469. The van der Waals surface area contributed by atoms with Crippen molar-refractivity contribution in [2.24, 2.45) is 5.73 Å². The molecule has 2 N–H and O–H groups in total. The molecule has 19 heavy (non-hydrogen) atoms. The standard InChI is InChI=1S/C13H14ClN3O2/c1-2-19-13(18)12-9(7-15)8-17(16-12)11-5-3-4-10(14)6-11/h3-6,8H,2,7,15H2,1H3. The fourth-order valence-electron chi connectivity index (χ4n) is 1.68. The molecule has 0 aliphatic rings. The lowest BCUT2D eigenvalue weighted by molar-refractivity contribution is 0.0517. The summed E-state index contributed by atoms with van der Waals surface area (Å²) in [6, 6.07) is 7.17. The van der Waals surface area contributed by atoms with Gasteiger partial charge in [-0.2, -0.15) is 5.10 Å². The fraction of sp³-hybridized carbons (Fsp3) is 0.231. The molecule has 0 bridgehead atoms. The zero-order valence-corrected chi connectivity index (χ0v) is 11.2. The molecule has 1 aromatic carbocycles. The van der Waals surface area contributed by atoms with Crippen LogP contribution in [0, 0.1) is 0 Å². The van der Waals surface area contributed by atoms with Gasteiger partial charge in [-0.3, -0.25) is 0 Å². The molecule has 100 valence electrons. The second-order valence-corrected chi connectivity index (χ2v) is 4.29. The van der Waals surface area contributed by atoms with Gasteiger partial charge in [0.1, 0.15) is 0 Å². The van der Waals surface area contributed by atoms with E-state index in [2.05, 4.69) is 5.10 Å². The summed E-state index contributed by atoms with van der Waals surface area (Å²) in [5.41, 5.74) is 7.26. The van der Waals surface area contributed by atoms with E-state index in [4.69, 9.17) is 22.1 Å². The minimum Gasteiger partial charge on any atom is -0.461 e. The normalized spacial score (nSPS) is 10.5. The molecule has 0 atom stereocenters. The van der Waals surface area contributed by atoms with Crippen LogP contribution in [0.2, 0.25) is 5.02 Å². The second kappa shape index (κ2) is 5.86. The van der Waals surface area contributed by atoms with Crippen molar-refractivity contribution in [1.82, 2.24) is 9.78 Å². The molecule has 0 radical (unpaired) electrons. The average molecular weight is 280 g/mol. The second-order valence-electron chi connectivity index (χ2n) is 3.85. The van der Waals surface area contributed by atoms with Crippen molar-refractivity contribution in [3.8, 4) is 5.69 Å². The van der Waals surface area contributed by atoms with Crippen LogP contribution in [-0.2, 0) is 11.3 Å². The van der Waals surface area contributed by atoms with Gasteiger partial charge in [0.25, 0.3) is 0 Å². The van der Waals surface area contributed by atoms with E-state index in [1.165, 1.54) is 0 Å². The van der Waals surface area contributed by atoms with Gasteiger partial charge in [-0.25, -0.2) is 9.48 Å². The molecule has 1 heterocycles. The van der Waals surface area contributed by atoms with Crippen LogP contribution >= 0.6 is 11.6 Å². The largest absolute Gasteiger partial charge is 0.461 e. The van der Waals surface area contributed by atoms with Gasteiger partial charge in [-0.15, -0.1) is 0 Å². The molecule has 0 aliphatic heterocycles. The highest BCUT2D eigenvalue weighted by Gasteiger charge is 2.17. The van der Waals surface area contributed by atoms with E-state index in [0.717, 1.165) is 5.69 Å². The quantitative estimate of drug-likeness (QED) is 0.871. The first-order valence-electron chi connectivity index (χ1n) is 5.87. The van der Waals surface area contributed by atoms with Crippen molar-refractivity contribution in [2.75, 3.05) is 6.61 Å². The van der Waals surface area contributed by atoms with Crippen LogP contribution in [0.4, 0.5) is 0 Å². The molecule has 0 fully saturated rings. The van der Waals surface area contributed by atoms with Gasteiger partial charge in [0.15, 0.2) is 5.69 Å². The summed E-state index contributed by atoms with van der Waals surface area (Å²) in [4.78, 5) is 11.8. The topological polar surface area (TPSA) is 70.1 Å². The smallest absolute Gasteiger partial charge is 0.359 e. The molecule has 5 nitrogen and oxygen atoms in total. The number of nitrogens with zero attached hydrogens (tertiary/aromatic N) is 2. The molecule has 0 aliphatic carbocycles. The van der Waals surface area contributed by atoms with Gasteiger partial charge >= 0.3 is 5.97 Å². The summed E-state index contributed by atoms with van der Waals surface area (Å²) in [5.74, 6) is -0.469. The Hall–Kier alpha value is -1.85. The number of rotatable bonds is 4. The van der Waals surface area contributed by atoms with Crippen LogP contribution in [0.5, 0.6) is 0 Å². The van der Waals surface area contributed by atoms with Gasteiger partial charge < -0.3 is 10.5 Å². The van der Waals surface area contributed by atoms with Crippen LogP contribution in [-0.4, -0.2) is 22.4 Å². The Bertz CT molecular complexity index is 595. The Morgan fingerprint density at radius 2 is 2.32 bits per heavy atom. The molecule has 2 rings (SSSR count). The van der Waals surface area contributed by atoms with Crippen molar-refractivity contribution in [3.63, 3.8) is 0 Å². The lowest BCUT2D eigenvalue weighted by atomic mass is 10.2. The monoisotopic (exact) mass is 279 g/mol. The molecule has 0 unspecified atom stereocenters. The highest BCUT2D eigenvalue weighted by molar-refractivity contribution is 6.30. The fourth-order valence-corrected chi connectivity index (χ4v) is 1.87. The van der Waals surface area contributed by atoms with Gasteiger partial charge in [0.2, 0.25) is 0 Å². The number of carbonyl (C=O) groups excluding carboxylic acids is 1. The molecular formula is C13H14ClN3O2.